The zero-order valence-electron chi connectivity index (χ0n) is 13.8. The Hall–Kier alpha value is -2.87. The molecule has 0 spiro atoms. The van der Waals surface area contributed by atoms with Crippen LogP contribution in [0.15, 0.2) is 53.7 Å². The van der Waals surface area contributed by atoms with Gasteiger partial charge in [0.05, 0.1) is 25.4 Å². The zero-order chi connectivity index (χ0) is 18.0. The van der Waals surface area contributed by atoms with E-state index in [-0.39, 0.29) is 28.7 Å². The van der Waals surface area contributed by atoms with Gasteiger partial charge in [0.25, 0.3) is 5.91 Å². The van der Waals surface area contributed by atoms with Gasteiger partial charge in [-0.15, -0.1) is 0 Å². The van der Waals surface area contributed by atoms with Gasteiger partial charge >= 0.3 is 0 Å². The predicted molar refractivity (Wildman–Crippen MR) is 92.5 cm³/mol. The number of nitrogens with one attached hydrogen (secondary N) is 1. The second kappa shape index (κ2) is 6.56. The van der Waals surface area contributed by atoms with Gasteiger partial charge < -0.3 is 14.5 Å². The molecule has 3 rings (SSSR count). The molecular formula is C17H17N3O4S. The summed E-state index contributed by atoms with van der Waals surface area (Å²) in [5.74, 6) is 0.499. The van der Waals surface area contributed by atoms with E-state index in [0.29, 0.717) is 5.82 Å². The summed E-state index contributed by atoms with van der Waals surface area (Å²) in [6, 6.07) is 10.0. The number of imidazole rings is 1. The molecule has 0 saturated heterocycles. The third kappa shape index (κ3) is 3.48. The summed E-state index contributed by atoms with van der Waals surface area (Å²) < 4.78 is 30.6. The van der Waals surface area contributed by atoms with Gasteiger partial charge in [-0.25, -0.2) is 13.4 Å². The van der Waals surface area contributed by atoms with Crippen molar-refractivity contribution in [2.75, 3.05) is 13.4 Å². The van der Waals surface area contributed by atoms with Gasteiger partial charge in [-0.05, 0) is 30.3 Å². The number of aromatic nitrogens is 2. The van der Waals surface area contributed by atoms with Crippen LogP contribution in [0, 0.1) is 0 Å². The lowest BCUT2D eigenvalue weighted by molar-refractivity contribution is 0.0949. The van der Waals surface area contributed by atoms with Crippen LogP contribution in [0.3, 0.4) is 0 Å². The molecule has 1 aromatic carbocycles. The van der Waals surface area contributed by atoms with Crippen molar-refractivity contribution >= 4 is 21.3 Å². The summed E-state index contributed by atoms with van der Waals surface area (Å²) >= 11 is 0. The van der Waals surface area contributed by atoms with E-state index in [0.717, 1.165) is 11.8 Å². The molecule has 0 saturated carbocycles. The topological polar surface area (TPSA) is 89.8 Å². The molecule has 25 heavy (non-hydrogen) atoms. The molecule has 3 aromatic rings. The van der Waals surface area contributed by atoms with E-state index in [4.69, 9.17) is 4.74 Å². The lowest BCUT2D eigenvalue weighted by Crippen LogP contribution is -2.24. The monoisotopic (exact) mass is 359 g/mol. The van der Waals surface area contributed by atoms with Crippen LogP contribution in [0.2, 0.25) is 0 Å². The number of rotatable bonds is 5. The highest BCUT2D eigenvalue weighted by Crippen LogP contribution is 2.24. The average molecular weight is 359 g/mol. The van der Waals surface area contributed by atoms with E-state index in [1.807, 2.05) is 28.8 Å². The number of amides is 1. The maximum absolute atomic E-state index is 12.4. The maximum Gasteiger partial charge on any atom is 0.251 e. The normalized spacial score (nSPS) is 11.4. The highest BCUT2D eigenvalue weighted by Gasteiger charge is 2.17. The molecule has 0 radical (unpaired) electrons. The fourth-order valence-corrected chi connectivity index (χ4v) is 3.36. The Morgan fingerprint density at radius 3 is 2.80 bits per heavy atom. The van der Waals surface area contributed by atoms with Gasteiger partial charge in [-0.2, -0.15) is 0 Å². The van der Waals surface area contributed by atoms with Gasteiger partial charge in [-0.1, -0.05) is 6.07 Å². The first-order valence-electron chi connectivity index (χ1n) is 7.47. The quantitative estimate of drug-likeness (QED) is 0.748. The van der Waals surface area contributed by atoms with Crippen LogP contribution in [-0.2, 0) is 16.4 Å². The van der Waals surface area contributed by atoms with Crippen LogP contribution >= 0.6 is 0 Å². The second-order valence-electron chi connectivity index (χ2n) is 5.49. The number of pyridine rings is 1. The number of methoxy groups -OCH3 is 1. The number of carbonyl (C=O) groups is 1. The first kappa shape index (κ1) is 17.0. The number of benzene rings is 1. The van der Waals surface area contributed by atoms with Gasteiger partial charge in [-0.3, -0.25) is 4.79 Å². The van der Waals surface area contributed by atoms with E-state index in [1.165, 1.54) is 25.3 Å². The highest BCUT2D eigenvalue weighted by molar-refractivity contribution is 7.90. The van der Waals surface area contributed by atoms with E-state index < -0.39 is 9.84 Å². The number of sulfone groups is 1. The Morgan fingerprint density at radius 1 is 1.28 bits per heavy atom. The number of hydrogen-bond acceptors (Lipinski definition) is 5. The van der Waals surface area contributed by atoms with Crippen LogP contribution in [0.4, 0.5) is 0 Å². The van der Waals surface area contributed by atoms with Gasteiger partial charge in [0.2, 0.25) is 0 Å². The zero-order valence-corrected chi connectivity index (χ0v) is 14.6. The first-order valence-corrected chi connectivity index (χ1v) is 9.36. The van der Waals surface area contributed by atoms with Crippen LogP contribution in [-0.4, -0.2) is 37.1 Å². The number of fused-ring (bicyclic) bond motifs is 1. The molecule has 7 nitrogen and oxygen atoms in total. The number of nitrogens with zero attached hydrogens (tertiary/aromatic N) is 2. The molecule has 0 aliphatic rings. The lowest BCUT2D eigenvalue weighted by atomic mass is 10.2. The summed E-state index contributed by atoms with van der Waals surface area (Å²) in [6.07, 6.45) is 4.65. The molecule has 0 bridgehead atoms. The van der Waals surface area contributed by atoms with Crippen molar-refractivity contribution in [2.45, 2.75) is 11.4 Å². The molecule has 130 valence electrons. The van der Waals surface area contributed by atoms with Crippen molar-refractivity contribution in [3.8, 4) is 5.75 Å². The molecule has 1 N–H and O–H groups in total. The highest BCUT2D eigenvalue weighted by atomic mass is 32.2. The third-order valence-electron chi connectivity index (χ3n) is 3.75. The summed E-state index contributed by atoms with van der Waals surface area (Å²) in [4.78, 5) is 16.6. The Kier molecular flexibility index (Phi) is 4.45. The molecule has 1 amide bonds. The van der Waals surface area contributed by atoms with Crippen molar-refractivity contribution in [3.05, 3.63) is 60.2 Å². The molecule has 2 aromatic heterocycles. The molecule has 0 aliphatic heterocycles. The smallest absolute Gasteiger partial charge is 0.251 e. The van der Waals surface area contributed by atoms with Gasteiger partial charge in [0.15, 0.2) is 9.84 Å². The number of ether oxygens (including phenoxy) is 1. The minimum atomic E-state index is -3.51. The van der Waals surface area contributed by atoms with Crippen molar-refractivity contribution in [3.63, 3.8) is 0 Å². The van der Waals surface area contributed by atoms with E-state index in [1.54, 1.807) is 6.20 Å². The fourth-order valence-electron chi connectivity index (χ4n) is 2.50. The largest absolute Gasteiger partial charge is 0.495 e. The van der Waals surface area contributed by atoms with E-state index in [2.05, 4.69) is 10.3 Å². The van der Waals surface area contributed by atoms with Crippen LogP contribution in [0.1, 0.15) is 16.2 Å². The predicted octanol–water partition coefficient (Wildman–Crippen LogP) is 1.68. The summed E-state index contributed by atoms with van der Waals surface area (Å²) in [6.45, 7) is 0.219. The number of hydrogen-bond donors (Lipinski definition) is 1. The number of carbonyl (C=O) groups excluding carboxylic acids is 1. The lowest BCUT2D eigenvalue weighted by Gasteiger charge is -2.10. The minimum Gasteiger partial charge on any atom is -0.495 e. The summed E-state index contributed by atoms with van der Waals surface area (Å²) in [5.41, 5.74) is 1.16. The molecular weight excluding hydrogens is 342 g/mol. The van der Waals surface area contributed by atoms with Crippen molar-refractivity contribution in [2.24, 2.45) is 0 Å². The van der Waals surface area contributed by atoms with Crippen LogP contribution < -0.4 is 10.1 Å². The van der Waals surface area contributed by atoms with Crippen LogP contribution in [0.25, 0.3) is 5.52 Å². The first-order chi connectivity index (χ1) is 11.9. The van der Waals surface area contributed by atoms with Crippen molar-refractivity contribution < 1.29 is 17.9 Å². The molecule has 8 heteroatoms. The van der Waals surface area contributed by atoms with Gasteiger partial charge in [0, 0.05) is 18.0 Å². The molecule has 0 unspecified atom stereocenters. The molecule has 0 aliphatic carbocycles. The van der Waals surface area contributed by atoms with Crippen LogP contribution in [0.5, 0.6) is 5.75 Å². The molecule has 2 heterocycles. The average Bonchev–Trinajstić information content (AvgIpc) is 3.01. The maximum atomic E-state index is 12.4. The standard InChI is InChI=1S/C17H17N3O4S/c1-24-14-7-6-12(9-15(14)25(2,22)23)17(21)19-11-16-18-10-13-5-3-4-8-20(13)16/h3-10H,11H2,1-2H3,(H,19,21). The molecule has 0 atom stereocenters. The Balaban J connectivity index is 1.82. The SMILES string of the molecule is COc1ccc(C(=O)NCc2ncc3ccccn23)cc1S(C)(=O)=O. The Labute approximate surface area is 145 Å². The summed E-state index contributed by atoms with van der Waals surface area (Å²) in [5, 5.41) is 2.75. The molecule has 0 fully saturated rings. The van der Waals surface area contributed by atoms with E-state index in [9.17, 15) is 13.2 Å². The van der Waals surface area contributed by atoms with E-state index >= 15 is 0 Å². The third-order valence-corrected chi connectivity index (χ3v) is 4.87. The second-order valence-corrected chi connectivity index (χ2v) is 7.47. The van der Waals surface area contributed by atoms with Gasteiger partial charge in [0.1, 0.15) is 16.5 Å². The van der Waals surface area contributed by atoms with Crippen molar-refractivity contribution in [1.29, 1.82) is 0 Å². The fraction of sp³-hybridized carbons (Fsp3) is 0.176. The minimum absolute atomic E-state index is 0.0195. The Morgan fingerprint density at radius 2 is 2.08 bits per heavy atom. The van der Waals surface area contributed by atoms with Crippen molar-refractivity contribution in [1.82, 2.24) is 14.7 Å². The summed E-state index contributed by atoms with van der Waals surface area (Å²) in [7, 11) is -2.13. The Bertz CT molecular complexity index is 1040.